The van der Waals surface area contributed by atoms with Crippen molar-refractivity contribution < 1.29 is 9.66 Å². The van der Waals surface area contributed by atoms with E-state index < -0.39 is 4.92 Å². The van der Waals surface area contributed by atoms with Crippen LogP contribution in [0.1, 0.15) is 38.5 Å². The first kappa shape index (κ1) is 14.9. The van der Waals surface area contributed by atoms with Gasteiger partial charge in [-0.15, -0.1) is 11.6 Å². The SMILES string of the molecule is O=[N+]([O-])c1cc(Cl)ccc1OC1CC(Cl)C12CCCCC2. The maximum Gasteiger partial charge on any atom is 0.312 e. The zero-order valence-corrected chi connectivity index (χ0v) is 13.1. The van der Waals surface area contributed by atoms with Crippen molar-refractivity contribution in [1.82, 2.24) is 0 Å². The maximum atomic E-state index is 11.1. The Bertz CT molecular complexity index is 558. The second-order valence-corrected chi connectivity index (χ2v) is 6.94. The van der Waals surface area contributed by atoms with Crippen molar-refractivity contribution in [3.05, 3.63) is 33.3 Å². The van der Waals surface area contributed by atoms with E-state index in [0.29, 0.717) is 10.8 Å². The third-order valence-corrected chi connectivity index (χ3v) is 5.71. The molecule has 1 aromatic carbocycles. The Morgan fingerprint density at radius 3 is 2.62 bits per heavy atom. The molecule has 1 spiro atoms. The summed E-state index contributed by atoms with van der Waals surface area (Å²) in [5.41, 5.74) is -0.0840. The zero-order valence-electron chi connectivity index (χ0n) is 11.6. The van der Waals surface area contributed by atoms with E-state index in [1.54, 1.807) is 12.1 Å². The fraction of sp³-hybridized carbons (Fsp3) is 0.600. The molecule has 0 aromatic heterocycles. The molecule has 2 aliphatic carbocycles. The van der Waals surface area contributed by atoms with Crippen molar-refractivity contribution in [1.29, 1.82) is 0 Å². The van der Waals surface area contributed by atoms with Crippen molar-refractivity contribution in [3.63, 3.8) is 0 Å². The first-order chi connectivity index (χ1) is 10.0. The minimum Gasteiger partial charge on any atom is -0.483 e. The van der Waals surface area contributed by atoms with Gasteiger partial charge in [0.1, 0.15) is 6.10 Å². The fourth-order valence-corrected chi connectivity index (χ4v) is 4.28. The molecule has 0 heterocycles. The van der Waals surface area contributed by atoms with Crippen LogP contribution in [0.25, 0.3) is 0 Å². The quantitative estimate of drug-likeness (QED) is 0.447. The number of nitrogens with zero attached hydrogens (tertiary/aromatic N) is 1. The predicted molar refractivity (Wildman–Crippen MR) is 82.3 cm³/mol. The minimum absolute atomic E-state index is 0.00664. The largest absolute Gasteiger partial charge is 0.483 e. The number of nitro groups is 1. The molecule has 6 heteroatoms. The van der Waals surface area contributed by atoms with Gasteiger partial charge in [0.2, 0.25) is 0 Å². The highest BCUT2D eigenvalue weighted by molar-refractivity contribution is 6.30. The monoisotopic (exact) mass is 329 g/mol. The van der Waals surface area contributed by atoms with E-state index in [0.717, 1.165) is 32.1 Å². The van der Waals surface area contributed by atoms with E-state index in [1.165, 1.54) is 12.5 Å². The van der Waals surface area contributed by atoms with Crippen LogP contribution in [0.2, 0.25) is 5.02 Å². The van der Waals surface area contributed by atoms with Crippen LogP contribution in [-0.4, -0.2) is 16.4 Å². The Balaban J connectivity index is 1.82. The van der Waals surface area contributed by atoms with Crippen LogP contribution in [0, 0.1) is 15.5 Å². The van der Waals surface area contributed by atoms with Gasteiger partial charge in [-0.1, -0.05) is 30.9 Å². The molecular formula is C15H17Cl2NO3. The number of nitro benzene ring substituents is 1. The molecule has 0 bridgehead atoms. The lowest BCUT2D eigenvalue weighted by atomic mass is 9.58. The molecule has 4 nitrogen and oxygen atoms in total. The van der Waals surface area contributed by atoms with Gasteiger partial charge in [-0.05, 0) is 25.0 Å². The van der Waals surface area contributed by atoms with E-state index in [4.69, 9.17) is 27.9 Å². The van der Waals surface area contributed by atoms with E-state index in [9.17, 15) is 10.1 Å². The topological polar surface area (TPSA) is 52.4 Å². The molecule has 2 aliphatic rings. The molecule has 0 saturated heterocycles. The summed E-state index contributed by atoms with van der Waals surface area (Å²) in [5.74, 6) is 0.294. The fourth-order valence-electron chi connectivity index (χ4n) is 3.60. The zero-order chi connectivity index (χ0) is 15.0. The highest BCUT2D eigenvalue weighted by Gasteiger charge is 2.56. The molecule has 2 fully saturated rings. The van der Waals surface area contributed by atoms with Gasteiger partial charge in [0, 0.05) is 28.3 Å². The first-order valence-corrected chi connectivity index (χ1v) is 8.09. The molecule has 1 aromatic rings. The van der Waals surface area contributed by atoms with Gasteiger partial charge in [0.15, 0.2) is 5.75 Å². The number of hydrogen-bond donors (Lipinski definition) is 0. The van der Waals surface area contributed by atoms with E-state index in [2.05, 4.69) is 0 Å². The summed E-state index contributed by atoms with van der Waals surface area (Å²) in [5, 5.41) is 11.6. The summed E-state index contributed by atoms with van der Waals surface area (Å²) in [6.07, 6.45) is 6.37. The molecule has 2 saturated carbocycles. The summed E-state index contributed by atoms with van der Waals surface area (Å²) < 4.78 is 5.98. The summed E-state index contributed by atoms with van der Waals surface area (Å²) >= 11 is 12.3. The van der Waals surface area contributed by atoms with Gasteiger partial charge in [-0.3, -0.25) is 10.1 Å². The molecule has 0 radical (unpaired) electrons. The third-order valence-electron chi connectivity index (χ3n) is 4.86. The van der Waals surface area contributed by atoms with Crippen LogP contribution in [0.4, 0.5) is 5.69 Å². The lowest BCUT2D eigenvalue weighted by Crippen LogP contribution is -2.58. The van der Waals surface area contributed by atoms with Crippen LogP contribution in [0.3, 0.4) is 0 Å². The van der Waals surface area contributed by atoms with Gasteiger partial charge >= 0.3 is 5.69 Å². The van der Waals surface area contributed by atoms with Gasteiger partial charge in [-0.25, -0.2) is 0 Å². The summed E-state index contributed by atoms with van der Waals surface area (Å²) in [7, 11) is 0. The number of benzene rings is 1. The molecule has 0 aliphatic heterocycles. The van der Waals surface area contributed by atoms with Crippen molar-refractivity contribution in [2.45, 2.75) is 50.0 Å². The van der Waals surface area contributed by atoms with Gasteiger partial charge in [0.25, 0.3) is 0 Å². The number of rotatable bonds is 3. The Labute approximate surface area is 133 Å². The molecule has 2 unspecified atom stereocenters. The highest BCUT2D eigenvalue weighted by Crippen LogP contribution is 2.56. The molecular weight excluding hydrogens is 313 g/mol. The lowest BCUT2D eigenvalue weighted by Gasteiger charge is -2.54. The van der Waals surface area contributed by atoms with Gasteiger partial charge < -0.3 is 4.74 Å². The van der Waals surface area contributed by atoms with Crippen LogP contribution >= 0.6 is 23.2 Å². The van der Waals surface area contributed by atoms with Crippen molar-refractivity contribution in [2.75, 3.05) is 0 Å². The smallest absolute Gasteiger partial charge is 0.312 e. The van der Waals surface area contributed by atoms with Gasteiger partial charge in [0.05, 0.1) is 4.92 Å². The maximum absolute atomic E-state index is 11.1. The molecule has 3 rings (SSSR count). The second kappa shape index (κ2) is 5.65. The van der Waals surface area contributed by atoms with Gasteiger partial charge in [-0.2, -0.15) is 0 Å². The Hall–Kier alpha value is -1.00. The predicted octanol–water partition coefficient (Wildman–Crippen LogP) is 4.96. The Kier molecular flexibility index (Phi) is 4.02. The van der Waals surface area contributed by atoms with E-state index >= 15 is 0 Å². The number of alkyl halides is 1. The highest BCUT2D eigenvalue weighted by atomic mass is 35.5. The molecule has 0 amide bonds. The molecule has 0 N–H and O–H groups in total. The lowest BCUT2D eigenvalue weighted by molar-refractivity contribution is -0.386. The van der Waals surface area contributed by atoms with Crippen LogP contribution in [0.15, 0.2) is 18.2 Å². The molecule has 21 heavy (non-hydrogen) atoms. The van der Waals surface area contributed by atoms with Crippen molar-refractivity contribution >= 4 is 28.9 Å². The molecule has 2 atom stereocenters. The number of hydrogen-bond acceptors (Lipinski definition) is 3. The summed E-state index contributed by atoms with van der Waals surface area (Å²) in [6.45, 7) is 0. The summed E-state index contributed by atoms with van der Waals surface area (Å²) in [4.78, 5) is 10.7. The Morgan fingerprint density at radius 1 is 1.29 bits per heavy atom. The third kappa shape index (κ3) is 2.59. The number of ether oxygens (including phenoxy) is 1. The minimum atomic E-state index is -0.453. The van der Waals surface area contributed by atoms with Crippen molar-refractivity contribution in [2.24, 2.45) is 5.41 Å². The van der Waals surface area contributed by atoms with Crippen LogP contribution in [0.5, 0.6) is 5.75 Å². The number of halogens is 2. The van der Waals surface area contributed by atoms with Crippen LogP contribution < -0.4 is 4.74 Å². The Morgan fingerprint density at radius 2 is 2.00 bits per heavy atom. The normalized spacial score (nSPS) is 27.1. The summed E-state index contributed by atoms with van der Waals surface area (Å²) in [6, 6.07) is 4.54. The molecule has 114 valence electrons. The van der Waals surface area contributed by atoms with E-state index in [1.807, 2.05) is 0 Å². The van der Waals surface area contributed by atoms with Crippen molar-refractivity contribution in [3.8, 4) is 5.75 Å². The second-order valence-electron chi connectivity index (χ2n) is 5.97. The average Bonchev–Trinajstić information content (AvgIpc) is 2.49. The first-order valence-electron chi connectivity index (χ1n) is 7.27. The van der Waals surface area contributed by atoms with E-state index in [-0.39, 0.29) is 22.6 Å². The van der Waals surface area contributed by atoms with Crippen LogP contribution in [-0.2, 0) is 0 Å². The standard InChI is InChI=1S/C15H17Cl2NO3/c16-10-4-5-12(11(8-10)18(19)20)21-14-9-13(17)15(14)6-2-1-3-7-15/h4-5,8,13-14H,1-3,6-7,9H2. The average molecular weight is 330 g/mol.